The van der Waals surface area contributed by atoms with E-state index in [4.69, 9.17) is 21.6 Å². The Labute approximate surface area is 165 Å². The number of hydrogen-bond acceptors (Lipinski definition) is 7. The van der Waals surface area contributed by atoms with Crippen molar-refractivity contribution in [2.45, 2.75) is 19.9 Å². The highest BCUT2D eigenvalue weighted by Gasteiger charge is 2.19. The van der Waals surface area contributed by atoms with Crippen molar-refractivity contribution in [2.24, 2.45) is 0 Å². The van der Waals surface area contributed by atoms with Crippen LogP contribution in [0.25, 0.3) is 11.0 Å². The Morgan fingerprint density at radius 2 is 2.11 bits per heavy atom. The number of rotatable bonds is 4. The van der Waals surface area contributed by atoms with Gasteiger partial charge in [0.2, 0.25) is 5.69 Å². The summed E-state index contributed by atoms with van der Waals surface area (Å²) in [6, 6.07) is 8.31. The minimum atomic E-state index is -0.625. The Hall–Kier alpha value is -3.44. The number of H-pyrrole nitrogens is 1. The fraction of sp³-hybridized carbons (Fsp3) is 0.211. The molecule has 0 aliphatic carbocycles. The maximum absolute atomic E-state index is 12.1. The number of hydrogen-bond donors (Lipinski definition) is 2. The topological polar surface area (TPSA) is 121 Å². The van der Waals surface area contributed by atoms with Crippen LogP contribution in [0.3, 0.4) is 0 Å². The number of aromatic nitrogens is 3. The minimum absolute atomic E-state index is 0.0530. The number of benzene rings is 1. The molecule has 0 saturated heterocycles. The molecule has 0 aliphatic rings. The quantitative estimate of drug-likeness (QED) is 0.512. The molecule has 2 heterocycles. The molecule has 0 radical (unpaired) electrons. The van der Waals surface area contributed by atoms with E-state index in [1.165, 1.54) is 7.11 Å². The number of aryl methyl sites for hydroxylation is 1. The van der Waals surface area contributed by atoms with Crippen LogP contribution in [0.2, 0.25) is 5.15 Å². The number of fused-ring (bicyclic) bond motifs is 1. The van der Waals surface area contributed by atoms with Crippen LogP contribution in [0.4, 0.5) is 5.69 Å². The molecule has 1 aromatic carbocycles. The first kappa shape index (κ1) is 19.3. The van der Waals surface area contributed by atoms with Crippen molar-refractivity contribution in [3.05, 3.63) is 62.3 Å². The van der Waals surface area contributed by atoms with Gasteiger partial charge in [0.25, 0.3) is 5.56 Å². The maximum Gasteiger partial charge on any atom is 0.358 e. The summed E-state index contributed by atoms with van der Waals surface area (Å²) in [6.07, 6.45) is 0. The van der Waals surface area contributed by atoms with Gasteiger partial charge in [0.05, 0.1) is 29.9 Å². The van der Waals surface area contributed by atoms with Crippen molar-refractivity contribution in [1.29, 1.82) is 5.26 Å². The van der Waals surface area contributed by atoms with Crippen molar-refractivity contribution >= 4 is 34.3 Å². The number of ether oxygens (including phenoxy) is 1. The average molecular weight is 398 g/mol. The van der Waals surface area contributed by atoms with Crippen molar-refractivity contribution in [1.82, 2.24) is 15.0 Å². The molecule has 0 amide bonds. The van der Waals surface area contributed by atoms with Crippen molar-refractivity contribution < 1.29 is 9.53 Å². The average Bonchev–Trinajstić information content (AvgIpc) is 2.67. The number of anilines is 1. The molecule has 0 unspecified atom stereocenters. The summed E-state index contributed by atoms with van der Waals surface area (Å²) in [5.74, 6) is -0.625. The Morgan fingerprint density at radius 3 is 2.79 bits per heavy atom. The maximum atomic E-state index is 12.1. The van der Waals surface area contributed by atoms with Gasteiger partial charge in [-0.25, -0.2) is 14.8 Å². The summed E-state index contributed by atoms with van der Waals surface area (Å²) < 4.78 is 4.76. The number of nitriles is 1. The van der Waals surface area contributed by atoms with Gasteiger partial charge in [0.15, 0.2) is 5.69 Å². The molecule has 0 fully saturated rings. The number of pyridine rings is 1. The summed E-state index contributed by atoms with van der Waals surface area (Å²) in [6.45, 7) is 3.75. The third kappa shape index (κ3) is 3.66. The van der Waals surface area contributed by atoms with E-state index < -0.39 is 11.5 Å². The predicted molar refractivity (Wildman–Crippen MR) is 104 cm³/mol. The van der Waals surface area contributed by atoms with Gasteiger partial charge in [0.1, 0.15) is 11.2 Å². The number of esters is 1. The van der Waals surface area contributed by atoms with Crippen LogP contribution in [0.15, 0.2) is 29.1 Å². The van der Waals surface area contributed by atoms with Gasteiger partial charge < -0.3 is 15.0 Å². The first-order chi connectivity index (χ1) is 13.3. The molecule has 8 nitrogen and oxygen atoms in total. The molecule has 142 valence electrons. The van der Waals surface area contributed by atoms with Crippen LogP contribution in [0.5, 0.6) is 0 Å². The zero-order chi connectivity index (χ0) is 20.4. The van der Waals surface area contributed by atoms with Crippen LogP contribution in [-0.4, -0.2) is 28.0 Å². The second-order valence-corrected chi connectivity index (χ2v) is 6.55. The van der Waals surface area contributed by atoms with Crippen molar-refractivity contribution in [3.8, 4) is 6.07 Å². The molecule has 3 rings (SSSR count). The number of carbonyl (C=O) groups excluding carboxylic acids is 1. The Kier molecular flexibility index (Phi) is 5.29. The molecule has 3 aromatic rings. The molecule has 0 aliphatic heterocycles. The van der Waals surface area contributed by atoms with Gasteiger partial charge >= 0.3 is 5.97 Å². The van der Waals surface area contributed by atoms with E-state index in [2.05, 4.69) is 20.3 Å². The smallest absolute Gasteiger partial charge is 0.358 e. The molecular formula is C19H16ClN5O3. The van der Waals surface area contributed by atoms with Crippen LogP contribution >= 0.6 is 11.6 Å². The summed E-state index contributed by atoms with van der Waals surface area (Å²) in [7, 11) is 1.26. The van der Waals surface area contributed by atoms with Gasteiger partial charge in [-0.15, -0.1) is 0 Å². The molecule has 0 bridgehead atoms. The van der Waals surface area contributed by atoms with E-state index in [1.807, 2.05) is 19.9 Å². The number of carbonyl (C=O) groups is 1. The first-order valence-electron chi connectivity index (χ1n) is 8.30. The number of halogens is 1. The summed E-state index contributed by atoms with van der Waals surface area (Å²) in [5.41, 5.74) is 2.39. The molecule has 0 saturated carbocycles. The summed E-state index contributed by atoms with van der Waals surface area (Å²) >= 11 is 5.90. The van der Waals surface area contributed by atoms with E-state index in [9.17, 15) is 9.59 Å². The van der Waals surface area contributed by atoms with E-state index in [1.54, 1.807) is 24.3 Å². The zero-order valence-electron chi connectivity index (χ0n) is 15.3. The molecule has 2 aromatic heterocycles. The third-order valence-electron chi connectivity index (χ3n) is 4.16. The number of aromatic amines is 1. The highest BCUT2D eigenvalue weighted by Crippen LogP contribution is 2.28. The van der Waals surface area contributed by atoms with E-state index in [-0.39, 0.29) is 22.6 Å². The molecule has 28 heavy (non-hydrogen) atoms. The van der Waals surface area contributed by atoms with E-state index in [0.717, 1.165) is 11.1 Å². The highest BCUT2D eigenvalue weighted by atomic mass is 35.5. The standard InChI is InChI=1S/C19H16ClN5O3/c1-9-6-11(16-13(7-9)23-14(8-21)18(26)25-16)10(2)22-12-4-5-15(20)24-17(12)19(27)28-3/h4-7,10,22H,1-3H3,(H,25,26)/t10-/m1/s1. The van der Waals surface area contributed by atoms with Gasteiger partial charge in [-0.1, -0.05) is 17.7 Å². The lowest BCUT2D eigenvalue weighted by Crippen LogP contribution is -2.17. The van der Waals surface area contributed by atoms with Crippen molar-refractivity contribution in [3.63, 3.8) is 0 Å². The fourth-order valence-corrected chi connectivity index (χ4v) is 3.04. The minimum Gasteiger partial charge on any atom is -0.464 e. The zero-order valence-corrected chi connectivity index (χ0v) is 16.1. The summed E-state index contributed by atoms with van der Waals surface area (Å²) in [4.78, 5) is 35.0. The van der Waals surface area contributed by atoms with E-state index in [0.29, 0.717) is 16.7 Å². The van der Waals surface area contributed by atoms with Crippen molar-refractivity contribution in [2.75, 3.05) is 12.4 Å². The molecule has 0 spiro atoms. The normalized spacial score (nSPS) is 11.7. The van der Waals surface area contributed by atoms with Gasteiger partial charge in [0, 0.05) is 5.56 Å². The van der Waals surface area contributed by atoms with E-state index >= 15 is 0 Å². The third-order valence-corrected chi connectivity index (χ3v) is 4.37. The largest absolute Gasteiger partial charge is 0.464 e. The lowest BCUT2D eigenvalue weighted by Gasteiger charge is -2.19. The van der Waals surface area contributed by atoms with Gasteiger partial charge in [-0.05, 0) is 37.6 Å². The lowest BCUT2D eigenvalue weighted by atomic mass is 10.0. The van der Waals surface area contributed by atoms with Crippen LogP contribution < -0.4 is 10.9 Å². The second-order valence-electron chi connectivity index (χ2n) is 6.16. The fourth-order valence-electron chi connectivity index (χ4n) is 2.90. The summed E-state index contributed by atoms with van der Waals surface area (Å²) in [5, 5.41) is 12.4. The predicted octanol–water partition coefficient (Wildman–Crippen LogP) is 3.11. The van der Waals surface area contributed by atoms with Crippen LogP contribution in [0, 0.1) is 18.3 Å². The number of nitrogens with one attached hydrogen (secondary N) is 2. The van der Waals surface area contributed by atoms with Crippen LogP contribution in [-0.2, 0) is 4.74 Å². The molecule has 1 atom stereocenters. The van der Waals surface area contributed by atoms with Gasteiger partial charge in [-0.2, -0.15) is 5.26 Å². The Balaban J connectivity index is 2.09. The monoisotopic (exact) mass is 397 g/mol. The highest BCUT2D eigenvalue weighted by molar-refractivity contribution is 6.29. The SMILES string of the molecule is COC(=O)c1nc(Cl)ccc1N[C@H](C)c1cc(C)cc2nc(C#N)c(=O)[nH]c12. The first-order valence-corrected chi connectivity index (χ1v) is 8.68. The Morgan fingerprint density at radius 1 is 1.36 bits per heavy atom. The number of nitrogens with zero attached hydrogens (tertiary/aromatic N) is 3. The Bertz CT molecular complexity index is 1180. The number of methoxy groups -OCH3 is 1. The van der Waals surface area contributed by atoms with Crippen LogP contribution in [0.1, 0.15) is 40.3 Å². The van der Waals surface area contributed by atoms with Gasteiger partial charge in [-0.3, -0.25) is 4.79 Å². The second kappa shape index (κ2) is 7.66. The molecular weight excluding hydrogens is 382 g/mol. The molecule has 9 heteroatoms. The molecule has 2 N–H and O–H groups in total. The lowest BCUT2D eigenvalue weighted by molar-refractivity contribution is 0.0595.